The summed E-state index contributed by atoms with van der Waals surface area (Å²) >= 11 is 0. The van der Waals surface area contributed by atoms with Crippen molar-refractivity contribution in [2.24, 2.45) is 5.92 Å². The molecule has 0 atom stereocenters. The summed E-state index contributed by atoms with van der Waals surface area (Å²) in [5.41, 5.74) is 0.728. The molecule has 0 spiro atoms. The van der Waals surface area contributed by atoms with Gasteiger partial charge in [-0.1, -0.05) is 30.3 Å². The van der Waals surface area contributed by atoms with Crippen LogP contribution < -0.4 is 26.4 Å². The van der Waals surface area contributed by atoms with Gasteiger partial charge in [0.25, 0.3) is 10.9 Å². The third-order valence-electron chi connectivity index (χ3n) is 7.40. The molecule has 0 unspecified atom stereocenters. The minimum Gasteiger partial charge on any atom is -0.377 e. The molecule has 0 bridgehead atoms. The molecule has 0 radical (unpaired) electrons. The minimum absolute atomic E-state index is 0.245. The van der Waals surface area contributed by atoms with Gasteiger partial charge in [-0.05, 0) is 49.3 Å². The highest BCUT2D eigenvalue weighted by molar-refractivity contribution is 5.99. The van der Waals surface area contributed by atoms with Crippen molar-refractivity contribution in [1.29, 1.82) is 0 Å². The van der Waals surface area contributed by atoms with E-state index >= 15 is 0 Å². The van der Waals surface area contributed by atoms with Gasteiger partial charge in [0.05, 0.1) is 5.52 Å². The molecule has 2 N–H and O–H groups in total. The van der Waals surface area contributed by atoms with Crippen molar-refractivity contribution in [3.63, 3.8) is 0 Å². The molecular weight excluding hydrogens is 495 g/mol. The van der Waals surface area contributed by atoms with Gasteiger partial charge in [0.15, 0.2) is 0 Å². The number of benzene rings is 1. The molecule has 1 aliphatic carbocycles. The number of anilines is 3. The van der Waals surface area contributed by atoms with Gasteiger partial charge in [0.2, 0.25) is 0 Å². The van der Waals surface area contributed by atoms with Crippen LogP contribution in [0, 0.1) is 5.92 Å². The summed E-state index contributed by atoms with van der Waals surface area (Å²) in [4.78, 5) is 34.8. The summed E-state index contributed by atoms with van der Waals surface area (Å²) in [6.07, 6.45) is 0.678. The Labute approximate surface area is 216 Å². The largest absolute Gasteiger partial charge is 0.433 e. The Hall–Kier alpha value is -3.95. The number of hydrogen-bond donors (Lipinski definition) is 2. The number of rotatable bonds is 7. The maximum absolute atomic E-state index is 13.5. The van der Waals surface area contributed by atoms with E-state index < -0.39 is 22.7 Å². The van der Waals surface area contributed by atoms with Crippen LogP contribution in [0.25, 0.3) is 22.0 Å². The number of piperidine rings is 1. The summed E-state index contributed by atoms with van der Waals surface area (Å²) in [5, 5.41) is 7.05. The lowest BCUT2D eigenvalue weighted by Gasteiger charge is -2.35. The average molecular weight is 522 g/mol. The van der Waals surface area contributed by atoms with E-state index in [-0.39, 0.29) is 11.4 Å². The van der Waals surface area contributed by atoms with Gasteiger partial charge in [-0.15, -0.1) is 0 Å². The molecule has 7 nitrogen and oxygen atoms in total. The van der Waals surface area contributed by atoms with Gasteiger partial charge in [0.1, 0.15) is 22.9 Å². The maximum atomic E-state index is 13.5. The number of alkyl halides is 3. The Morgan fingerprint density at radius 1 is 0.947 bits per heavy atom. The van der Waals surface area contributed by atoms with Crippen LogP contribution in [-0.2, 0) is 6.18 Å². The Morgan fingerprint density at radius 3 is 2.37 bits per heavy atom. The summed E-state index contributed by atoms with van der Waals surface area (Å²) in [6, 6.07) is 11.8. The molecule has 196 valence electrons. The molecule has 1 saturated heterocycles. The first-order valence-electron chi connectivity index (χ1n) is 12.8. The van der Waals surface area contributed by atoms with Crippen LogP contribution in [0.1, 0.15) is 31.4 Å². The zero-order valence-electron chi connectivity index (χ0n) is 20.5. The monoisotopic (exact) mass is 521 g/mol. The molecule has 2 fully saturated rings. The Morgan fingerprint density at radius 2 is 1.68 bits per heavy atom. The minimum atomic E-state index is -4.55. The Kier molecular flexibility index (Phi) is 6.04. The first-order chi connectivity index (χ1) is 18.3. The van der Waals surface area contributed by atoms with Crippen LogP contribution in [0.4, 0.5) is 30.4 Å². The third-order valence-corrected chi connectivity index (χ3v) is 7.40. The SMILES string of the molecule is O=c1c(NC2CC2)c(N2CCC(CNc3ncc(-c4ccccc4)c4nc(C(F)(F)F)ccc34)CC2)c1=O. The summed E-state index contributed by atoms with van der Waals surface area (Å²) in [6.45, 7) is 1.91. The lowest BCUT2D eigenvalue weighted by Crippen LogP contribution is -2.46. The smallest absolute Gasteiger partial charge is 0.377 e. The number of fused-ring (bicyclic) bond motifs is 1. The zero-order chi connectivity index (χ0) is 26.4. The zero-order valence-corrected chi connectivity index (χ0v) is 20.5. The molecule has 6 rings (SSSR count). The van der Waals surface area contributed by atoms with Crippen molar-refractivity contribution in [3.8, 4) is 11.1 Å². The van der Waals surface area contributed by atoms with Crippen molar-refractivity contribution in [2.45, 2.75) is 37.9 Å². The van der Waals surface area contributed by atoms with E-state index in [2.05, 4.69) is 20.6 Å². The van der Waals surface area contributed by atoms with Gasteiger partial charge < -0.3 is 15.5 Å². The van der Waals surface area contributed by atoms with Gasteiger partial charge in [-0.3, -0.25) is 9.59 Å². The second kappa shape index (κ2) is 9.41. The van der Waals surface area contributed by atoms with Crippen molar-refractivity contribution in [2.75, 3.05) is 35.2 Å². The summed E-state index contributed by atoms with van der Waals surface area (Å²) in [7, 11) is 0. The van der Waals surface area contributed by atoms with E-state index in [4.69, 9.17) is 0 Å². The standard InChI is InChI=1S/C28H26F3N5O2/c29-28(30,31)21-9-8-19-22(35-21)20(17-4-2-1-3-5-17)15-33-27(19)32-14-16-10-12-36(13-11-16)24-23(25(37)26(24)38)34-18-6-7-18/h1-5,8-9,15-16,18,34H,6-7,10-14H2,(H,32,33). The van der Waals surface area contributed by atoms with Gasteiger partial charge in [-0.2, -0.15) is 13.2 Å². The molecule has 0 amide bonds. The van der Waals surface area contributed by atoms with Crippen LogP contribution in [0.2, 0.25) is 0 Å². The number of pyridine rings is 2. The van der Waals surface area contributed by atoms with E-state index in [0.717, 1.165) is 37.3 Å². The molecule has 2 aromatic heterocycles. The summed E-state index contributed by atoms with van der Waals surface area (Å²) in [5.74, 6) is 0.771. The van der Waals surface area contributed by atoms with E-state index in [9.17, 15) is 22.8 Å². The predicted molar refractivity (Wildman–Crippen MR) is 141 cm³/mol. The van der Waals surface area contributed by atoms with Crippen LogP contribution in [0.15, 0.2) is 58.3 Å². The second-order valence-corrected chi connectivity index (χ2v) is 10.1. The Balaban J connectivity index is 1.18. The van der Waals surface area contributed by atoms with Crippen molar-refractivity contribution in [3.05, 3.63) is 74.8 Å². The molecule has 3 heterocycles. The second-order valence-electron chi connectivity index (χ2n) is 10.1. The molecular formula is C28H26F3N5O2. The van der Waals surface area contributed by atoms with Gasteiger partial charge >= 0.3 is 6.18 Å². The lowest BCUT2D eigenvalue weighted by atomic mass is 9.95. The average Bonchev–Trinajstić information content (AvgIpc) is 3.76. The Bertz CT molecular complexity index is 1550. The number of nitrogens with one attached hydrogen (secondary N) is 2. The lowest BCUT2D eigenvalue weighted by molar-refractivity contribution is -0.140. The number of hydrogen-bond acceptors (Lipinski definition) is 7. The van der Waals surface area contributed by atoms with E-state index in [1.165, 1.54) is 6.07 Å². The highest BCUT2D eigenvalue weighted by Gasteiger charge is 2.34. The molecule has 2 aromatic carbocycles. The molecule has 10 heteroatoms. The highest BCUT2D eigenvalue weighted by Crippen LogP contribution is 2.35. The van der Waals surface area contributed by atoms with Crippen LogP contribution in [-0.4, -0.2) is 35.6 Å². The van der Waals surface area contributed by atoms with Gasteiger partial charge in [-0.25, -0.2) is 9.97 Å². The third kappa shape index (κ3) is 4.59. The fourth-order valence-electron chi connectivity index (χ4n) is 5.09. The predicted octanol–water partition coefficient (Wildman–Crippen LogP) is 4.81. The normalized spacial score (nSPS) is 16.8. The molecule has 4 aromatic rings. The van der Waals surface area contributed by atoms with E-state index in [0.29, 0.717) is 53.8 Å². The first kappa shape index (κ1) is 24.4. The van der Waals surface area contributed by atoms with Crippen molar-refractivity contribution >= 4 is 28.1 Å². The fraction of sp³-hybridized carbons (Fsp3) is 0.357. The summed E-state index contributed by atoms with van der Waals surface area (Å²) < 4.78 is 40.4. The maximum Gasteiger partial charge on any atom is 0.433 e. The molecule has 1 saturated carbocycles. The van der Waals surface area contributed by atoms with Crippen LogP contribution >= 0.6 is 0 Å². The molecule has 1 aliphatic heterocycles. The van der Waals surface area contributed by atoms with Crippen LogP contribution in [0.5, 0.6) is 0 Å². The topological polar surface area (TPSA) is 87.2 Å². The van der Waals surface area contributed by atoms with E-state index in [1.807, 2.05) is 35.2 Å². The fourth-order valence-corrected chi connectivity index (χ4v) is 5.09. The highest BCUT2D eigenvalue weighted by atomic mass is 19.4. The van der Waals surface area contributed by atoms with Crippen molar-refractivity contribution < 1.29 is 13.2 Å². The van der Waals surface area contributed by atoms with Gasteiger partial charge in [0, 0.05) is 42.8 Å². The number of nitrogens with zero attached hydrogens (tertiary/aromatic N) is 3. The molecule has 38 heavy (non-hydrogen) atoms. The quantitative estimate of drug-likeness (QED) is 0.338. The van der Waals surface area contributed by atoms with Crippen molar-refractivity contribution in [1.82, 2.24) is 9.97 Å². The van der Waals surface area contributed by atoms with Crippen LogP contribution in [0.3, 0.4) is 0 Å². The molecule has 2 aliphatic rings. The van der Waals surface area contributed by atoms with E-state index in [1.54, 1.807) is 6.20 Å². The first-order valence-corrected chi connectivity index (χ1v) is 12.8. The number of aromatic nitrogens is 2. The number of halogens is 3.